The van der Waals surface area contributed by atoms with Crippen molar-refractivity contribution in [1.82, 2.24) is 9.97 Å². The van der Waals surface area contributed by atoms with E-state index in [1.807, 2.05) is 6.92 Å². The van der Waals surface area contributed by atoms with Gasteiger partial charge in [-0.25, -0.2) is 4.98 Å². The number of rotatable bonds is 1. The van der Waals surface area contributed by atoms with E-state index in [1.54, 1.807) is 0 Å². The molecule has 4 heteroatoms. The first kappa shape index (κ1) is 6.80. The van der Waals surface area contributed by atoms with Gasteiger partial charge in [-0.2, -0.15) is 0 Å². The Morgan fingerprint density at radius 3 is 2.70 bits per heavy atom. The van der Waals surface area contributed by atoms with Gasteiger partial charge in [0.15, 0.2) is 0 Å². The number of nitrogens with two attached hydrogens (primary N) is 2. The minimum atomic E-state index is 0.370. The minimum Gasteiger partial charge on any atom is -0.382 e. The lowest BCUT2D eigenvalue weighted by atomic mass is 10.3. The summed E-state index contributed by atoms with van der Waals surface area (Å²) in [7, 11) is 0. The van der Waals surface area contributed by atoms with Crippen molar-refractivity contribution in [2.24, 2.45) is 0 Å². The molecule has 4 nitrogen and oxygen atoms in total. The zero-order valence-corrected chi connectivity index (χ0v) is 5.83. The van der Waals surface area contributed by atoms with Gasteiger partial charge >= 0.3 is 0 Å². The highest BCUT2D eigenvalue weighted by atomic mass is 15.0. The van der Waals surface area contributed by atoms with Crippen molar-refractivity contribution in [1.29, 1.82) is 0 Å². The van der Waals surface area contributed by atoms with E-state index in [2.05, 4.69) is 9.97 Å². The summed E-state index contributed by atoms with van der Waals surface area (Å²) in [5.41, 5.74) is 11.6. The second-order valence-corrected chi connectivity index (χ2v) is 1.98. The number of anilines is 2. The fraction of sp³-hybridized carbons (Fsp3) is 0.333. The summed E-state index contributed by atoms with van der Waals surface area (Å²) >= 11 is 0. The first-order chi connectivity index (χ1) is 4.74. The van der Waals surface area contributed by atoms with Crippen molar-refractivity contribution in [3.05, 3.63) is 11.9 Å². The van der Waals surface area contributed by atoms with Crippen LogP contribution in [0.4, 0.5) is 11.6 Å². The van der Waals surface area contributed by atoms with Crippen LogP contribution in [0.15, 0.2) is 6.20 Å². The van der Waals surface area contributed by atoms with Crippen LogP contribution in [0.25, 0.3) is 0 Å². The van der Waals surface area contributed by atoms with Crippen molar-refractivity contribution >= 4 is 11.6 Å². The van der Waals surface area contributed by atoms with Crippen molar-refractivity contribution in [2.75, 3.05) is 11.5 Å². The van der Waals surface area contributed by atoms with Crippen LogP contribution in [0.3, 0.4) is 0 Å². The maximum Gasteiger partial charge on any atom is 0.147 e. The normalized spacial score (nSPS) is 9.70. The van der Waals surface area contributed by atoms with E-state index in [-0.39, 0.29) is 0 Å². The summed E-state index contributed by atoms with van der Waals surface area (Å²) in [6, 6.07) is 0. The fourth-order valence-corrected chi connectivity index (χ4v) is 0.715. The van der Waals surface area contributed by atoms with E-state index < -0.39 is 0 Å². The lowest BCUT2D eigenvalue weighted by molar-refractivity contribution is 1.01. The summed E-state index contributed by atoms with van der Waals surface area (Å²) in [5, 5.41) is 0. The molecule has 1 aromatic heterocycles. The Bertz CT molecular complexity index is 233. The van der Waals surface area contributed by atoms with Crippen molar-refractivity contribution in [3.8, 4) is 0 Å². The molecule has 0 radical (unpaired) electrons. The Kier molecular flexibility index (Phi) is 1.71. The number of aromatic nitrogens is 2. The average Bonchev–Trinajstić information content (AvgIpc) is 1.88. The predicted octanol–water partition coefficient (Wildman–Crippen LogP) is 0.203. The predicted molar refractivity (Wildman–Crippen MR) is 40.2 cm³/mol. The maximum atomic E-state index is 5.48. The lowest BCUT2D eigenvalue weighted by Crippen LogP contribution is -2.02. The molecule has 54 valence electrons. The second-order valence-electron chi connectivity index (χ2n) is 1.98. The topological polar surface area (TPSA) is 77.8 Å². The van der Waals surface area contributed by atoms with E-state index in [9.17, 15) is 0 Å². The second kappa shape index (κ2) is 2.51. The molecule has 1 rings (SSSR count). The number of hydrogen-bond acceptors (Lipinski definition) is 4. The molecule has 0 unspecified atom stereocenters. The van der Waals surface area contributed by atoms with Gasteiger partial charge in [0, 0.05) is 0 Å². The van der Waals surface area contributed by atoms with Gasteiger partial charge in [0.25, 0.3) is 0 Å². The molecule has 0 spiro atoms. The molecule has 0 saturated carbocycles. The van der Waals surface area contributed by atoms with Crippen LogP contribution >= 0.6 is 0 Å². The molecule has 0 saturated heterocycles. The first-order valence-electron chi connectivity index (χ1n) is 3.11. The van der Waals surface area contributed by atoms with Crippen molar-refractivity contribution in [2.45, 2.75) is 13.3 Å². The quantitative estimate of drug-likeness (QED) is 0.581. The van der Waals surface area contributed by atoms with Crippen LogP contribution in [0.5, 0.6) is 0 Å². The molecule has 0 amide bonds. The summed E-state index contributed by atoms with van der Waals surface area (Å²) in [4.78, 5) is 7.82. The Morgan fingerprint density at radius 2 is 2.20 bits per heavy atom. The third-order valence-corrected chi connectivity index (χ3v) is 1.23. The largest absolute Gasteiger partial charge is 0.382 e. The monoisotopic (exact) mass is 138 g/mol. The van der Waals surface area contributed by atoms with Gasteiger partial charge in [0.2, 0.25) is 0 Å². The van der Waals surface area contributed by atoms with Crippen LogP contribution < -0.4 is 11.5 Å². The highest BCUT2D eigenvalue weighted by Crippen LogP contribution is 2.06. The Morgan fingerprint density at radius 1 is 1.50 bits per heavy atom. The van der Waals surface area contributed by atoms with Crippen LogP contribution in [-0.2, 0) is 6.42 Å². The third-order valence-electron chi connectivity index (χ3n) is 1.23. The summed E-state index contributed by atoms with van der Waals surface area (Å²) in [5.74, 6) is 0.803. The summed E-state index contributed by atoms with van der Waals surface area (Å²) in [6.07, 6.45) is 2.30. The highest BCUT2D eigenvalue weighted by molar-refractivity contribution is 5.40. The zero-order chi connectivity index (χ0) is 7.56. The van der Waals surface area contributed by atoms with Gasteiger partial charge in [0.05, 0.1) is 11.9 Å². The fourth-order valence-electron chi connectivity index (χ4n) is 0.715. The summed E-state index contributed by atoms with van der Waals surface area (Å²) in [6.45, 7) is 1.97. The zero-order valence-electron chi connectivity index (χ0n) is 5.83. The van der Waals surface area contributed by atoms with Crippen LogP contribution in [-0.4, -0.2) is 9.97 Å². The molecule has 0 aliphatic heterocycles. The van der Waals surface area contributed by atoms with E-state index >= 15 is 0 Å². The molecule has 0 aliphatic carbocycles. The SMILES string of the molecule is CCc1ncc(N)nc1N. The van der Waals surface area contributed by atoms with Crippen LogP contribution in [0.1, 0.15) is 12.6 Å². The lowest BCUT2D eigenvalue weighted by Gasteiger charge is -1.99. The van der Waals surface area contributed by atoms with Gasteiger partial charge in [0.1, 0.15) is 11.6 Å². The molecular formula is C6H10N4. The molecule has 10 heavy (non-hydrogen) atoms. The molecule has 4 N–H and O–H groups in total. The minimum absolute atomic E-state index is 0.370. The molecule has 0 bridgehead atoms. The standard InChI is InChI=1S/C6H10N4/c1-2-4-6(8)10-5(7)3-9-4/h3H,2H2,1H3,(H4,7,8,10). The van der Waals surface area contributed by atoms with Gasteiger partial charge in [-0.05, 0) is 6.42 Å². The average molecular weight is 138 g/mol. The van der Waals surface area contributed by atoms with E-state index in [4.69, 9.17) is 11.5 Å². The number of aryl methyl sites for hydroxylation is 1. The van der Waals surface area contributed by atoms with Crippen LogP contribution in [0.2, 0.25) is 0 Å². The Balaban J connectivity index is 3.07. The molecule has 1 heterocycles. The highest BCUT2D eigenvalue weighted by Gasteiger charge is 1.97. The van der Waals surface area contributed by atoms with Gasteiger partial charge < -0.3 is 11.5 Å². The van der Waals surface area contributed by atoms with Gasteiger partial charge in [-0.15, -0.1) is 0 Å². The van der Waals surface area contributed by atoms with E-state index in [0.29, 0.717) is 11.6 Å². The van der Waals surface area contributed by atoms with Crippen molar-refractivity contribution < 1.29 is 0 Å². The van der Waals surface area contributed by atoms with E-state index in [1.165, 1.54) is 6.20 Å². The molecular weight excluding hydrogens is 128 g/mol. The molecule has 0 atom stereocenters. The Labute approximate surface area is 59.3 Å². The van der Waals surface area contributed by atoms with Gasteiger partial charge in [-0.3, -0.25) is 4.98 Å². The number of hydrogen-bond donors (Lipinski definition) is 2. The first-order valence-corrected chi connectivity index (χ1v) is 3.11. The van der Waals surface area contributed by atoms with Crippen LogP contribution in [0, 0.1) is 0 Å². The van der Waals surface area contributed by atoms with Crippen molar-refractivity contribution in [3.63, 3.8) is 0 Å². The third kappa shape index (κ3) is 1.15. The number of nitrogen functional groups attached to an aromatic ring is 2. The summed E-state index contributed by atoms with van der Waals surface area (Å²) < 4.78 is 0. The molecule has 0 fully saturated rings. The van der Waals surface area contributed by atoms with E-state index in [0.717, 1.165) is 12.1 Å². The van der Waals surface area contributed by atoms with Gasteiger partial charge in [-0.1, -0.05) is 6.92 Å². The molecule has 0 aromatic carbocycles. The smallest absolute Gasteiger partial charge is 0.147 e. The maximum absolute atomic E-state index is 5.48. The Hall–Kier alpha value is -1.32. The molecule has 0 aliphatic rings. The molecule has 1 aromatic rings. The number of nitrogens with zero attached hydrogens (tertiary/aromatic N) is 2.